The first-order valence-corrected chi connectivity index (χ1v) is 5.56. The van der Waals surface area contributed by atoms with E-state index in [1.54, 1.807) is 12.4 Å². The second kappa shape index (κ2) is 4.97. The summed E-state index contributed by atoms with van der Waals surface area (Å²) in [6, 6.07) is 3.74. The van der Waals surface area contributed by atoms with Crippen molar-refractivity contribution in [1.82, 2.24) is 14.5 Å². The van der Waals surface area contributed by atoms with E-state index in [-0.39, 0.29) is 6.10 Å². The molecule has 17 heavy (non-hydrogen) atoms. The maximum absolute atomic E-state index is 5.72. The molecular weight excluding hydrogens is 216 g/mol. The van der Waals surface area contributed by atoms with E-state index in [1.165, 1.54) is 0 Å². The monoisotopic (exact) mass is 232 g/mol. The van der Waals surface area contributed by atoms with Crippen molar-refractivity contribution in [3.63, 3.8) is 0 Å². The molecule has 2 aromatic heterocycles. The lowest BCUT2D eigenvalue weighted by molar-refractivity contribution is 0.240. The minimum Gasteiger partial charge on any atom is -0.487 e. The summed E-state index contributed by atoms with van der Waals surface area (Å²) in [6.07, 6.45) is 5.36. The van der Waals surface area contributed by atoms with Crippen LogP contribution in [-0.4, -0.2) is 20.6 Å². The zero-order chi connectivity index (χ0) is 12.3. The van der Waals surface area contributed by atoms with Gasteiger partial charge in [-0.05, 0) is 26.0 Å². The third-order valence-electron chi connectivity index (χ3n) is 2.24. The highest BCUT2D eigenvalue weighted by atomic mass is 16.5. The van der Waals surface area contributed by atoms with Crippen LogP contribution in [-0.2, 0) is 6.54 Å². The fourth-order valence-electron chi connectivity index (χ4n) is 1.59. The summed E-state index contributed by atoms with van der Waals surface area (Å²) < 4.78 is 7.56. The van der Waals surface area contributed by atoms with Gasteiger partial charge in [0.05, 0.1) is 12.6 Å². The van der Waals surface area contributed by atoms with E-state index in [1.807, 2.05) is 36.7 Å². The van der Waals surface area contributed by atoms with Crippen molar-refractivity contribution in [2.75, 3.05) is 0 Å². The summed E-state index contributed by atoms with van der Waals surface area (Å²) in [4.78, 5) is 8.50. The average molecular weight is 232 g/mol. The molecule has 0 aromatic carbocycles. The van der Waals surface area contributed by atoms with Crippen LogP contribution in [0.4, 0.5) is 0 Å². The molecule has 0 amide bonds. The van der Waals surface area contributed by atoms with Gasteiger partial charge in [-0.25, -0.2) is 9.97 Å². The summed E-state index contributed by atoms with van der Waals surface area (Å²) in [5.41, 5.74) is 5.63. The van der Waals surface area contributed by atoms with Crippen LogP contribution in [0.25, 0.3) is 5.82 Å². The van der Waals surface area contributed by atoms with E-state index >= 15 is 0 Å². The van der Waals surface area contributed by atoms with Gasteiger partial charge in [0.25, 0.3) is 0 Å². The summed E-state index contributed by atoms with van der Waals surface area (Å²) in [6.45, 7) is 4.33. The summed E-state index contributed by atoms with van der Waals surface area (Å²) in [5.74, 6) is 2.21. The van der Waals surface area contributed by atoms with Crippen LogP contribution in [0.1, 0.15) is 19.7 Å². The van der Waals surface area contributed by atoms with Crippen molar-refractivity contribution < 1.29 is 4.74 Å². The van der Waals surface area contributed by atoms with E-state index in [0.717, 1.165) is 17.4 Å². The molecule has 0 spiro atoms. The minimum atomic E-state index is 0.0998. The van der Waals surface area contributed by atoms with Gasteiger partial charge in [-0.15, -0.1) is 0 Å². The number of pyridine rings is 1. The summed E-state index contributed by atoms with van der Waals surface area (Å²) in [5, 5.41) is 0. The Bertz CT molecular complexity index is 493. The molecule has 2 aromatic rings. The number of hydrogen-bond acceptors (Lipinski definition) is 4. The molecule has 0 aliphatic rings. The molecular formula is C12H16N4O. The van der Waals surface area contributed by atoms with Crippen LogP contribution in [0, 0.1) is 0 Å². The largest absolute Gasteiger partial charge is 0.487 e. The molecule has 5 nitrogen and oxygen atoms in total. The van der Waals surface area contributed by atoms with E-state index in [9.17, 15) is 0 Å². The van der Waals surface area contributed by atoms with Crippen LogP contribution in [0.2, 0.25) is 0 Å². The SMILES string of the molecule is CC(C)Oc1cccnc1-n1ccnc1CN. The van der Waals surface area contributed by atoms with Gasteiger partial charge in [0.2, 0.25) is 0 Å². The molecule has 90 valence electrons. The van der Waals surface area contributed by atoms with Crippen LogP contribution in [0.3, 0.4) is 0 Å². The van der Waals surface area contributed by atoms with E-state index in [4.69, 9.17) is 10.5 Å². The molecule has 0 atom stereocenters. The van der Waals surface area contributed by atoms with E-state index in [2.05, 4.69) is 9.97 Å². The van der Waals surface area contributed by atoms with Crippen LogP contribution >= 0.6 is 0 Å². The normalized spacial score (nSPS) is 10.8. The molecule has 5 heteroatoms. The first-order chi connectivity index (χ1) is 8.22. The molecule has 2 heterocycles. The molecule has 0 radical (unpaired) electrons. The molecule has 0 fully saturated rings. The minimum absolute atomic E-state index is 0.0998. The first kappa shape index (κ1) is 11.6. The van der Waals surface area contributed by atoms with Crippen molar-refractivity contribution in [3.05, 3.63) is 36.5 Å². The maximum Gasteiger partial charge on any atom is 0.181 e. The van der Waals surface area contributed by atoms with Gasteiger partial charge in [-0.1, -0.05) is 0 Å². The van der Waals surface area contributed by atoms with Crippen molar-refractivity contribution in [3.8, 4) is 11.6 Å². The molecule has 0 saturated heterocycles. The van der Waals surface area contributed by atoms with Crippen molar-refractivity contribution in [2.45, 2.75) is 26.5 Å². The number of nitrogens with two attached hydrogens (primary N) is 1. The molecule has 0 bridgehead atoms. The number of hydrogen-bond donors (Lipinski definition) is 1. The predicted molar refractivity (Wildman–Crippen MR) is 65.0 cm³/mol. The summed E-state index contributed by atoms with van der Waals surface area (Å²) >= 11 is 0. The number of rotatable bonds is 4. The average Bonchev–Trinajstić information content (AvgIpc) is 2.77. The third kappa shape index (κ3) is 2.45. The Morgan fingerprint density at radius 3 is 2.88 bits per heavy atom. The quantitative estimate of drug-likeness (QED) is 0.867. The van der Waals surface area contributed by atoms with Gasteiger partial charge in [-0.3, -0.25) is 4.57 Å². The Morgan fingerprint density at radius 2 is 2.18 bits per heavy atom. The lowest BCUT2D eigenvalue weighted by Gasteiger charge is -2.14. The topological polar surface area (TPSA) is 66.0 Å². The fraction of sp³-hybridized carbons (Fsp3) is 0.333. The van der Waals surface area contributed by atoms with Gasteiger partial charge in [-0.2, -0.15) is 0 Å². The Hall–Kier alpha value is -1.88. The van der Waals surface area contributed by atoms with Crippen LogP contribution in [0.5, 0.6) is 5.75 Å². The molecule has 2 N–H and O–H groups in total. The zero-order valence-corrected chi connectivity index (χ0v) is 10.00. The van der Waals surface area contributed by atoms with Gasteiger partial charge in [0.1, 0.15) is 5.82 Å². The van der Waals surface area contributed by atoms with Gasteiger partial charge in [0, 0.05) is 18.6 Å². The Kier molecular flexibility index (Phi) is 3.39. The third-order valence-corrected chi connectivity index (χ3v) is 2.24. The summed E-state index contributed by atoms with van der Waals surface area (Å²) in [7, 11) is 0. The fourth-order valence-corrected chi connectivity index (χ4v) is 1.59. The Balaban J connectivity index is 2.44. The highest BCUT2D eigenvalue weighted by Gasteiger charge is 2.11. The standard InChI is InChI=1S/C12H16N4O/c1-9(2)17-10-4-3-5-15-12(10)16-7-6-14-11(16)8-13/h3-7,9H,8,13H2,1-2H3. The highest BCUT2D eigenvalue weighted by Crippen LogP contribution is 2.22. The second-order valence-corrected chi connectivity index (χ2v) is 3.91. The molecule has 0 saturated carbocycles. The van der Waals surface area contributed by atoms with Crippen LogP contribution < -0.4 is 10.5 Å². The molecule has 2 rings (SSSR count). The number of nitrogens with zero attached hydrogens (tertiary/aromatic N) is 3. The van der Waals surface area contributed by atoms with Gasteiger partial charge in [0.15, 0.2) is 11.6 Å². The number of aromatic nitrogens is 3. The van der Waals surface area contributed by atoms with E-state index in [0.29, 0.717) is 6.54 Å². The van der Waals surface area contributed by atoms with E-state index < -0.39 is 0 Å². The van der Waals surface area contributed by atoms with Crippen molar-refractivity contribution >= 4 is 0 Å². The molecule has 0 aliphatic heterocycles. The predicted octanol–water partition coefficient (Wildman–Crippen LogP) is 1.51. The van der Waals surface area contributed by atoms with Crippen LogP contribution in [0.15, 0.2) is 30.7 Å². The lowest BCUT2D eigenvalue weighted by atomic mass is 10.4. The van der Waals surface area contributed by atoms with Gasteiger partial charge < -0.3 is 10.5 Å². The smallest absolute Gasteiger partial charge is 0.181 e. The van der Waals surface area contributed by atoms with Crippen molar-refractivity contribution in [2.24, 2.45) is 5.73 Å². The first-order valence-electron chi connectivity index (χ1n) is 5.56. The Labute approximate surface area is 100 Å². The number of imidazole rings is 1. The maximum atomic E-state index is 5.72. The molecule has 0 aliphatic carbocycles. The Morgan fingerprint density at radius 1 is 1.35 bits per heavy atom. The van der Waals surface area contributed by atoms with Crippen molar-refractivity contribution in [1.29, 1.82) is 0 Å². The lowest BCUT2D eigenvalue weighted by Crippen LogP contribution is -2.12. The molecule has 0 unspecified atom stereocenters. The second-order valence-electron chi connectivity index (χ2n) is 3.91. The number of ether oxygens (including phenoxy) is 1. The highest BCUT2D eigenvalue weighted by molar-refractivity contribution is 5.41. The van der Waals surface area contributed by atoms with Gasteiger partial charge >= 0.3 is 0 Å². The zero-order valence-electron chi connectivity index (χ0n) is 10.00.